The Hall–Kier alpha value is 0.499. The van der Waals surface area contributed by atoms with Gasteiger partial charge in [0.2, 0.25) is 0 Å². The molecule has 3 aromatic rings. The van der Waals surface area contributed by atoms with E-state index in [0.29, 0.717) is 29.9 Å². The van der Waals surface area contributed by atoms with Crippen molar-refractivity contribution in [3.05, 3.63) is 47.5 Å². The monoisotopic (exact) mass is 730 g/mol. The summed E-state index contributed by atoms with van der Waals surface area (Å²) in [6, 6.07) is 13.8. The topological polar surface area (TPSA) is 0 Å². The summed E-state index contributed by atoms with van der Waals surface area (Å²) in [5.74, 6) is 11.1. The summed E-state index contributed by atoms with van der Waals surface area (Å²) in [4.78, 5) is 0. The molecule has 0 saturated heterocycles. The van der Waals surface area contributed by atoms with E-state index in [9.17, 15) is 0 Å². The van der Waals surface area contributed by atoms with Crippen LogP contribution in [0.5, 0.6) is 0 Å². The number of rotatable bonds is 2. The van der Waals surface area contributed by atoms with E-state index in [1.807, 2.05) is 0 Å². The van der Waals surface area contributed by atoms with Crippen LogP contribution in [0.4, 0.5) is 0 Å². The molecule has 130 valence electrons. The van der Waals surface area contributed by atoms with Crippen LogP contribution < -0.4 is 8.92 Å². The molecule has 0 nitrogen and oxygen atoms in total. The Kier molecular flexibility index (Phi) is 8.42. The average molecular weight is 728 g/mol. The number of hydrogen-bond acceptors (Lipinski definition) is 2. The first kappa shape index (κ1) is 21.2. The summed E-state index contributed by atoms with van der Waals surface area (Å²) in [5, 5.41) is 11.4. The van der Waals surface area contributed by atoms with Crippen LogP contribution in [0.15, 0.2) is 36.4 Å². The zero-order chi connectivity index (χ0) is 18.5. The molecule has 0 amide bonds. The first-order valence-corrected chi connectivity index (χ1v) is 19.3. The van der Waals surface area contributed by atoms with E-state index in [1.54, 1.807) is 0 Å². The van der Waals surface area contributed by atoms with Crippen LogP contribution in [0.3, 0.4) is 0 Å². The average Bonchev–Trinajstić information content (AvgIpc) is 2.67. The van der Waals surface area contributed by atoms with Crippen LogP contribution in [-0.4, -0.2) is 29.9 Å². The zero-order valence-corrected chi connectivity index (χ0v) is 23.2. The van der Waals surface area contributed by atoms with Crippen molar-refractivity contribution in [1.29, 1.82) is 0 Å². The minimum atomic E-state index is 0.422. The third-order valence-electron chi connectivity index (χ3n) is 3.88. The molecule has 0 atom stereocenters. The molecule has 0 spiro atoms. The summed E-state index contributed by atoms with van der Waals surface area (Å²) in [7, 11) is 3.08. The fraction of sp³-hybridized carbons (Fsp3) is 0.100. The first-order chi connectivity index (χ1) is 12.7. The molecule has 0 aromatic heterocycles. The van der Waals surface area contributed by atoms with Crippen molar-refractivity contribution in [1.82, 2.24) is 0 Å². The first-order valence-electron chi connectivity index (χ1n) is 7.41. The molecule has 3 rings (SSSR count). The zero-order valence-electron chi connectivity index (χ0n) is 13.9. The molecule has 0 aliphatic rings. The molecule has 0 radical (unpaired) electrons. The summed E-state index contributed by atoms with van der Waals surface area (Å²) in [5.41, 5.74) is 2.34. The SMILES string of the molecule is C[Se]c1cc2cc3cc(C#CSI)c([Se]C)cc3cc2cc1C#CSI. The van der Waals surface area contributed by atoms with Gasteiger partial charge in [0, 0.05) is 0 Å². The van der Waals surface area contributed by atoms with Crippen LogP contribution in [0.1, 0.15) is 11.1 Å². The number of benzene rings is 3. The van der Waals surface area contributed by atoms with Crippen LogP contribution in [0.2, 0.25) is 11.6 Å². The summed E-state index contributed by atoms with van der Waals surface area (Å²) >= 11 is 5.29. The molecule has 0 saturated carbocycles. The van der Waals surface area contributed by atoms with Gasteiger partial charge in [0.15, 0.2) is 0 Å². The second-order valence-electron chi connectivity index (χ2n) is 5.26. The van der Waals surface area contributed by atoms with Crippen molar-refractivity contribution in [2.24, 2.45) is 0 Å². The second kappa shape index (κ2) is 10.3. The van der Waals surface area contributed by atoms with E-state index in [2.05, 4.69) is 113 Å². The molecule has 6 heteroatoms. The second-order valence-corrected chi connectivity index (χ2v) is 12.2. The molecule has 0 fully saturated rings. The Morgan fingerprint density at radius 2 is 1.04 bits per heavy atom. The van der Waals surface area contributed by atoms with Crippen molar-refractivity contribution in [2.75, 3.05) is 0 Å². The number of fused-ring (bicyclic) bond motifs is 2. The van der Waals surface area contributed by atoms with Gasteiger partial charge >= 0.3 is 202 Å². The fourth-order valence-corrected chi connectivity index (χ4v) is 6.11. The summed E-state index contributed by atoms with van der Waals surface area (Å²) in [6.45, 7) is 0. The number of hydrogen-bond donors (Lipinski definition) is 0. The molecule has 0 heterocycles. The molecule has 0 aliphatic heterocycles. The van der Waals surface area contributed by atoms with E-state index in [4.69, 9.17) is 0 Å². The van der Waals surface area contributed by atoms with E-state index in [0.717, 1.165) is 0 Å². The van der Waals surface area contributed by atoms with Crippen molar-refractivity contribution < 1.29 is 0 Å². The van der Waals surface area contributed by atoms with Crippen molar-refractivity contribution in [3.63, 3.8) is 0 Å². The summed E-state index contributed by atoms with van der Waals surface area (Å²) in [6.07, 6.45) is 0. The summed E-state index contributed by atoms with van der Waals surface area (Å²) < 4.78 is 2.74. The van der Waals surface area contributed by atoms with Crippen molar-refractivity contribution >= 4 is 121 Å². The maximum atomic E-state index is 3.31. The Balaban J connectivity index is 2.26. The molecule has 0 N–H and O–H groups in total. The minimum absolute atomic E-state index is 0.422. The van der Waals surface area contributed by atoms with Gasteiger partial charge in [0.1, 0.15) is 0 Å². The van der Waals surface area contributed by atoms with Gasteiger partial charge in [-0.25, -0.2) is 0 Å². The van der Waals surface area contributed by atoms with Gasteiger partial charge in [-0.15, -0.1) is 0 Å². The van der Waals surface area contributed by atoms with Gasteiger partial charge < -0.3 is 0 Å². The molecular formula is C20H12I2S2Se2. The maximum absolute atomic E-state index is 3.31. The third kappa shape index (κ3) is 4.91. The predicted octanol–water partition coefficient (Wildman–Crippen LogP) is 5.53. The van der Waals surface area contributed by atoms with Crippen LogP contribution >= 0.6 is 60.3 Å². The molecule has 0 bridgehead atoms. The van der Waals surface area contributed by atoms with E-state index in [1.165, 1.54) is 59.5 Å². The third-order valence-corrected chi connectivity index (χ3v) is 8.82. The Morgan fingerprint density at radius 3 is 1.38 bits per heavy atom. The van der Waals surface area contributed by atoms with E-state index < -0.39 is 0 Å². The van der Waals surface area contributed by atoms with Crippen molar-refractivity contribution in [3.8, 4) is 22.3 Å². The normalized spacial score (nSPS) is 10.3. The molecular weight excluding hydrogens is 716 g/mol. The van der Waals surface area contributed by atoms with E-state index in [-0.39, 0.29) is 0 Å². The Morgan fingerprint density at radius 1 is 0.654 bits per heavy atom. The van der Waals surface area contributed by atoms with Crippen molar-refractivity contribution in [2.45, 2.75) is 11.6 Å². The van der Waals surface area contributed by atoms with Gasteiger partial charge in [-0.05, 0) is 0 Å². The molecule has 26 heavy (non-hydrogen) atoms. The van der Waals surface area contributed by atoms with Gasteiger partial charge in [0.05, 0.1) is 0 Å². The standard InChI is InChI=1S/C20H12I2S2Se2/c1-25-19-11-17-9-16-8-14(4-6-24-22)20(26-2)12-18(16)10-15(17)7-13(19)3-5-23-21/h7-12H,1-2H3. The molecule has 3 aromatic carbocycles. The van der Waals surface area contributed by atoms with Gasteiger partial charge in [-0.3, -0.25) is 0 Å². The van der Waals surface area contributed by atoms with Crippen LogP contribution in [0.25, 0.3) is 21.5 Å². The quantitative estimate of drug-likeness (QED) is 0.148. The fourth-order valence-electron chi connectivity index (χ4n) is 2.74. The Bertz CT molecular complexity index is 1020. The van der Waals surface area contributed by atoms with Crippen LogP contribution in [0, 0.1) is 22.3 Å². The van der Waals surface area contributed by atoms with E-state index >= 15 is 0 Å². The molecule has 0 aliphatic carbocycles. The van der Waals surface area contributed by atoms with Gasteiger partial charge in [-0.1, -0.05) is 0 Å². The van der Waals surface area contributed by atoms with Gasteiger partial charge in [-0.2, -0.15) is 0 Å². The Labute approximate surface area is 199 Å². The van der Waals surface area contributed by atoms with Crippen LogP contribution in [-0.2, 0) is 0 Å². The predicted molar refractivity (Wildman–Crippen MR) is 141 cm³/mol. The number of halogens is 2. The molecule has 0 unspecified atom stereocenters. The van der Waals surface area contributed by atoms with Gasteiger partial charge in [0.25, 0.3) is 0 Å².